The fourth-order valence-corrected chi connectivity index (χ4v) is 2.39. The Morgan fingerprint density at radius 1 is 1.56 bits per heavy atom. The second-order valence-electron chi connectivity index (χ2n) is 3.66. The van der Waals surface area contributed by atoms with Crippen molar-refractivity contribution in [2.45, 2.75) is 11.7 Å². The summed E-state index contributed by atoms with van der Waals surface area (Å²) < 4.78 is 0. The van der Waals surface area contributed by atoms with Crippen LogP contribution in [-0.4, -0.2) is 45.6 Å². The van der Waals surface area contributed by atoms with Gasteiger partial charge in [0.25, 0.3) is 0 Å². The average molecular weight is 239 g/mol. The highest BCUT2D eigenvalue weighted by Crippen LogP contribution is 2.23. The van der Waals surface area contributed by atoms with Gasteiger partial charge in [-0.05, 0) is 12.7 Å². The van der Waals surface area contributed by atoms with Gasteiger partial charge in [0.1, 0.15) is 5.82 Å². The van der Waals surface area contributed by atoms with E-state index in [-0.39, 0.29) is 5.69 Å². The fraction of sp³-hybridized carbons (Fsp3) is 0.500. The summed E-state index contributed by atoms with van der Waals surface area (Å²) in [4.78, 5) is 20.7. The van der Waals surface area contributed by atoms with E-state index < -0.39 is 5.97 Å². The normalized spacial score (nSPS) is 20.1. The molecule has 1 atom stereocenters. The number of carboxylic acid groups (broad SMARTS) is 1. The van der Waals surface area contributed by atoms with E-state index in [0.717, 1.165) is 25.3 Å². The van der Waals surface area contributed by atoms with Crippen LogP contribution in [-0.2, 0) is 0 Å². The lowest BCUT2D eigenvalue weighted by Crippen LogP contribution is -2.21. The first-order valence-corrected chi connectivity index (χ1v) is 6.32. The number of carbonyl (C=O) groups is 1. The molecule has 1 fully saturated rings. The largest absolute Gasteiger partial charge is 0.476 e. The maximum Gasteiger partial charge on any atom is 0.356 e. The minimum absolute atomic E-state index is 0.00985. The summed E-state index contributed by atoms with van der Waals surface area (Å²) in [6, 6.07) is 0. The number of aromatic nitrogens is 2. The Kier molecular flexibility index (Phi) is 3.28. The second kappa shape index (κ2) is 4.69. The molecule has 0 amide bonds. The zero-order valence-electron chi connectivity index (χ0n) is 8.96. The molecule has 0 radical (unpaired) electrons. The van der Waals surface area contributed by atoms with Crippen LogP contribution in [0.25, 0.3) is 0 Å². The van der Waals surface area contributed by atoms with E-state index in [1.54, 1.807) is 0 Å². The summed E-state index contributed by atoms with van der Waals surface area (Å²) in [5.74, 6) is -0.274. The van der Waals surface area contributed by atoms with E-state index in [9.17, 15) is 4.79 Å². The lowest BCUT2D eigenvalue weighted by Gasteiger charge is -2.16. The van der Waals surface area contributed by atoms with Crippen molar-refractivity contribution >= 4 is 23.5 Å². The molecule has 0 aromatic carbocycles. The highest BCUT2D eigenvalue weighted by Gasteiger charge is 2.22. The Bertz CT molecular complexity index is 382. The van der Waals surface area contributed by atoms with Crippen LogP contribution in [0, 0.1) is 0 Å². The number of nitrogens with zero attached hydrogens (tertiary/aromatic N) is 3. The molecule has 1 saturated heterocycles. The highest BCUT2D eigenvalue weighted by molar-refractivity contribution is 7.99. The van der Waals surface area contributed by atoms with E-state index in [1.807, 2.05) is 11.8 Å². The first kappa shape index (κ1) is 11.2. The molecule has 16 heavy (non-hydrogen) atoms. The van der Waals surface area contributed by atoms with E-state index in [4.69, 9.17) is 5.11 Å². The van der Waals surface area contributed by atoms with E-state index in [2.05, 4.69) is 21.1 Å². The SMILES string of the molecule is CSC1CCN(c2cnc(C(=O)O)cn2)C1. The monoisotopic (exact) mass is 239 g/mol. The van der Waals surface area contributed by atoms with Gasteiger partial charge < -0.3 is 10.0 Å². The van der Waals surface area contributed by atoms with Gasteiger partial charge in [0.05, 0.1) is 12.4 Å². The second-order valence-corrected chi connectivity index (χ2v) is 4.80. The molecule has 1 N–H and O–H groups in total. The molecule has 1 aromatic heterocycles. The van der Waals surface area contributed by atoms with Gasteiger partial charge >= 0.3 is 5.97 Å². The summed E-state index contributed by atoms with van der Waals surface area (Å²) in [5, 5.41) is 9.34. The molecule has 1 aliphatic heterocycles. The number of thioether (sulfide) groups is 1. The maximum absolute atomic E-state index is 10.6. The third-order valence-corrected chi connectivity index (χ3v) is 3.71. The number of anilines is 1. The zero-order chi connectivity index (χ0) is 11.5. The first-order valence-electron chi connectivity index (χ1n) is 5.04. The molecule has 5 nitrogen and oxygen atoms in total. The third kappa shape index (κ3) is 2.27. The van der Waals surface area contributed by atoms with Crippen LogP contribution in [0.15, 0.2) is 12.4 Å². The predicted molar refractivity (Wildman–Crippen MR) is 63.1 cm³/mol. The van der Waals surface area contributed by atoms with Crippen molar-refractivity contribution in [2.75, 3.05) is 24.2 Å². The lowest BCUT2D eigenvalue weighted by molar-refractivity contribution is 0.0690. The van der Waals surface area contributed by atoms with E-state index in [1.165, 1.54) is 12.4 Å². The minimum Gasteiger partial charge on any atom is -0.476 e. The van der Waals surface area contributed by atoms with Crippen LogP contribution in [0.2, 0.25) is 0 Å². The Labute approximate surface area is 97.9 Å². The molecule has 0 aliphatic carbocycles. The topological polar surface area (TPSA) is 66.3 Å². The number of carboxylic acids is 1. The molecule has 2 rings (SSSR count). The van der Waals surface area contributed by atoms with Crippen molar-refractivity contribution in [2.24, 2.45) is 0 Å². The van der Waals surface area contributed by atoms with Gasteiger partial charge in [0, 0.05) is 18.3 Å². The van der Waals surface area contributed by atoms with Crippen LogP contribution < -0.4 is 4.90 Å². The smallest absolute Gasteiger partial charge is 0.356 e. The molecule has 1 aromatic rings. The molecule has 0 saturated carbocycles. The average Bonchev–Trinajstić information content (AvgIpc) is 2.77. The van der Waals surface area contributed by atoms with Gasteiger partial charge in [-0.2, -0.15) is 11.8 Å². The van der Waals surface area contributed by atoms with Crippen molar-refractivity contribution < 1.29 is 9.90 Å². The van der Waals surface area contributed by atoms with Crippen LogP contribution in [0.3, 0.4) is 0 Å². The van der Waals surface area contributed by atoms with Crippen LogP contribution in [0.1, 0.15) is 16.9 Å². The number of rotatable bonds is 3. The van der Waals surface area contributed by atoms with Gasteiger partial charge in [-0.25, -0.2) is 14.8 Å². The van der Waals surface area contributed by atoms with Crippen molar-refractivity contribution in [3.05, 3.63) is 18.1 Å². The van der Waals surface area contributed by atoms with Crippen molar-refractivity contribution in [1.82, 2.24) is 9.97 Å². The molecule has 1 aliphatic rings. The maximum atomic E-state index is 10.6. The molecular formula is C10H13N3O2S. The summed E-state index contributed by atoms with van der Waals surface area (Å²) in [5.41, 5.74) is -0.00985. The fourth-order valence-electron chi connectivity index (χ4n) is 1.72. The van der Waals surface area contributed by atoms with Crippen LogP contribution in [0.4, 0.5) is 5.82 Å². The Morgan fingerprint density at radius 2 is 2.38 bits per heavy atom. The lowest BCUT2D eigenvalue weighted by atomic mass is 10.4. The van der Waals surface area contributed by atoms with E-state index >= 15 is 0 Å². The molecule has 0 spiro atoms. The van der Waals surface area contributed by atoms with Crippen LogP contribution >= 0.6 is 11.8 Å². The van der Waals surface area contributed by atoms with Gasteiger partial charge in [-0.1, -0.05) is 0 Å². The van der Waals surface area contributed by atoms with Crippen molar-refractivity contribution in [3.63, 3.8) is 0 Å². The molecule has 0 bridgehead atoms. The van der Waals surface area contributed by atoms with Crippen molar-refractivity contribution in [3.8, 4) is 0 Å². The standard InChI is InChI=1S/C10H13N3O2S/c1-16-7-2-3-13(6-7)9-5-11-8(4-12-9)10(14)15/h4-5,7H,2-3,6H2,1H3,(H,14,15). The quantitative estimate of drug-likeness (QED) is 0.852. The zero-order valence-corrected chi connectivity index (χ0v) is 9.78. The first-order chi connectivity index (χ1) is 7.70. The number of aromatic carboxylic acids is 1. The molecule has 6 heteroatoms. The van der Waals surface area contributed by atoms with Gasteiger partial charge in [-0.15, -0.1) is 0 Å². The summed E-state index contributed by atoms with van der Waals surface area (Å²) >= 11 is 1.85. The van der Waals surface area contributed by atoms with E-state index in [0.29, 0.717) is 5.25 Å². The van der Waals surface area contributed by atoms with Gasteiger partial charge in [0.2, 0.25) is 0 Å². The summed E-state index contributed by atoms with van der Waals surface area (Å²) in [6.45, 7) is 1.93. The molecular weight excluding hydrogens is 226 g/mol. The Morgan fingerprint density at radius 3 is 2.88 bits per heavy atom. The third-order valence-electron chi connectivity index (χ3n) is 2.66. The summed E-state index contributed by atoms with van der Waals surface area (Å²) in [6.07, 6.45) is 6.09. The highest BCUT2D eigenvalue weighted by atomic mass is 32.2. The van der Waals surface area contributed by atoms with Gasteiger partial charge in [0.15, 0.2) is 5.69 Å². The number of hydrogen-bond acceptors (Lipinski definition) is 5. The minimum atomic E-state index is -1.04. The number of hydrogen-bond donors (Lipinski definition) is 1. The van der Waals surface area contributed by atoms with Crippen LogP contribution in [0.5, 0.6) is 0 Å². The van der Waals surface area contributed by atoms with Gasteiger partial charge in [-0.3, -0.25) is 0 Å². The molecule has 1 unspecified atom stereocenters. The Hall–Kier alpha value is -1.30. The summed E-state index contributed by atoms with van der Waals surface area (Å²) in [7, 11) is 0. The molecule has 86 valence electrons. The predicted octanol–water partition coefficient (Wildman–Crippen LogP) is 1.12. The Balaban J connectivity index is 2.08. The van der Waals surface area contributed by atoms with Crippen molar-refractivity contribution in [1.29, 1.82) is 0 Å². The molecule has 2 heterocycles.